The molecule has 0 unspecified atom stereocenters. The molecule has 2 heterocycles. The number of hydrogen-bond acceptors (Lipinski definition) is 6. The molecule has 28 heavy (non-hydrogen) atoms. The lowest BCUT2D eigenvalue weighted by Crippen LogP contribution is -2.12. The number of esters is 1. The van der Waals surface area contributed by atoms with Crippen LogP contribution in [-0.2, 0) is 4.74 Å². The first kappa shape index (κ1) is 19.7. The number of anilines is 1. The third kappa shape index (κ3) is 4.80. The average Bonchev–Trinajstić information content (AvgIpc) is 3.11. The summed E-state index contributed by atoms with van der Waals surface area (Å²) in [5.41, 5.74) is 2.60. The summed E-state index contributed by atoms with van der Waals surface area (Å²) in [6.07, 6.45) is 5.23. The number of hydrogen-bond donors (Lipinski definition) is 1. The number of thiazole rings is 1. The van der Waals surface area contributed by atoms with Gasteiger partial charge in [-0.15, -0.1) is 11.3 Å². The lowest BCUT2D eigenvalue weighted by Gasteiger charge is -2.06. The van der Waals surface area contributed by atoms with Gasteiger partial charge < -0.3 is 10.1 Å². The van der Waals surface area contributed by atoms with Crippen LogP contribution in [0.15, 0.2) is 48.8 Å². The normalized spacial score (nSPS) is 10.5. The Labute approximate surface area is 167 Å². The number of unbranched alkanes of at least 4 members (excludes halogenated alkanes) is 1. The van der Waals surface area contributed by atoms with Crippen molar-refractivity contribution in [3.63, 3.8) is 0 Å². The molecular formula is C21H21N3O3S. The van der Waals surface area contributed by atoms with Gasteiger partial charge in [-0.3, -0.25) is 9.78 Å². The van der Waals surface area contributed by atoms with Gasteiger partial charge in [0.05, 0.1) is 17.9 Å². The summed E-state index contributed by atoms with van der Waals surface area (Å²) in [7, 11) is 0. The van der Waals surface area contributed by atoms with Crippen LogP contribution in [0.5, 0.6) is 0 Å². The van der Waals surface area contributed by atoms with E-state index in [1.807, 2.05) is 19.1 Å². The third-order valence-corrected chi connectivity index (χ3v) is 5.23. The number of carbonyl (C=O) groups excluding carboxylic acids is 2. The van der Waals surface area contributed by atoms with Crippen molar-refractivity contribution < 1.29 is 14.3 Å². The number of ether oxygens (including phenoxy) is 1. The summed E-state index contributed by atoms with van der Waals surface area (Å²) < 4.78 is 5.18. The standard InChI is InChI=1S/C21H21N3O3S/c1-3-4-12-27-21(26)15-7-9-17(10-8-15)24-19(25)18-14(2)23-20(28-18)16-6-5-11-22-13-16/h5-11,13H,3-4,12H2,1-2H3,(H,24,25). The molecule has 1 amide bonds. The lowest BCUT2D eigenvalue weighted by atomic mass is 10.2. The number of carbonyl (C=O) groups is 2. The Kier molecular flexibility index (Phi) is 6.49. The lowest BCUT2D eigenvalue weighted by molar-refractivity contribution is 0.0499. The van der Waals surface area contributed by atoms with Crippen LogP contribution in [0.1, 0.15) is 45.5 Å². The van der Waals surface area contributed by atoms with E-state index >= 15 is 0 Å². The van der Waals surface area contributed by atoms with Gasteiger partial charge in [0.1, 0.15) is 9.88 Å². The van der Waals surface area contributed by atoms with Crippen LogP contribution in [0.2, 0.25) is 0 Å². The topological polar surface area (TPSA) is 81.2 Å². The molecule has 1 aromatic carbocycles. The summed E-state index contributed by atoms with van der Waals surface area (Å²) in [6.45, 7) is 4.26. The molecular weight excluding hydrogens is 374 g/mol. The van der Waals surface area contributed by atoms with Crippen molar-refractivity contribution in [2.45, 2.75) is 26.7 Å². The minimum absolute atomic E-state index is 0.233. The van der Waals surface area contributed by atoms with E-state index in [1.165, 1.54) is 11.3 Å². The highest BCUT2D eigenvalue weighted by Gasteiger charge is 2.17. The summed E-state index contributed by atoms with van der Waals surface area (Å²) in [4.78, 5) is 33.7. The Morgan fingerprint density at radius 2 is 1.96 bits per heavy atom. The van der Waals surface area contributed by atoms with Gasteiger partial charge in [-0.1, -0.05) is 13.3 Å². The van der Waals surface area contributed by atoms with Crippen LogP contribution in [0, 0.1) is 6.92 Å². The second kappa shape index (κ2) is 9.23. The van der Waals surface area contributed by atoms with Crippen molar-refractivity contribution in [2.75, 3.05) is 11.9 Å². The van der Waals surface area contributed by atoms with Crippen LogP contribution in [0.25, 0.3) is 10.6 Å². The Hall–Kier alpha value is -3.06. The molecule has 0 atom stereocenters. The van der Waals surface area contributed by atoms with Crippen LogP contribution >= 0.6 is 11.3 Å². The maximum Gasteiger partial charge on any atom is 0.338 e. The Morgan fingerprint density at radius 3 is 2.64 bits per heavy atom. The summed E-state index contributed by atoms with van der Waals surface area (Å²) in [5.74, 6) is -0.589. The van der Waals surface area contributed by atoms with Crippen molar-refractivity contribution in [3.05, 3.63) is 64.9 Å². The maximum atomic E-state index is 12.6. The van der Waals surface area contributed by atoms with Gasteiger partial charge in [0.2, 0.25) is 0 Å². The van der Waals surface area contributed by atoms with E-state index < -0.39 is 0 Å². The van der Waals surface area contributed by atoms with Gasteiger partial charge in [-0.25, -0.2) is 9.78 Å². The minimum atomic E-state index is -0.356. The Morgan fingerprint density at radius 1 is 1.18 bits per heavy atom. The molecule has 0 fully saturated rings. The molecule has 0 saturated carbocycles. The highest BCUT2D eigenvalue weighted by Crippen LogP contribution is 2.28. The summed E-state index contributed by atoms with van der Waals surface area (Å²) >= 11 is 1.32. The first-order chi connectivity index (χ1) is 13.6. The molecule has 0 radical (unpaired) electrons. The van der Waals surface area contributed by atoms with E-state index in [4.69, 9.17) is 4.74 Å². The molecule has 1 N–H and O–H groups in total. The van der Waals surface area contributed by atoms with Crippen molar-refractivity contribution in [2.24, 2.45) is 0 Å². The quantitative estimate of drug-likeness (QED) is 0.462. The molecule has 3 rings (SSSR count). The highest BCUT2D eigenvalue weighted by atomic mass is 32.1. The molecule has 0 aliphatic rings. The van der Waals surface area contributed by atoms with Crippen molar-refractivity contribution in [1.82, 2.24) is 9.97 Å². The third-order valence-electron chi connectivity index (χ3n) is 4.02. The maximum absolute atomic E-state index is 12.6. The molecule has 0 aliphatic heterocycles. The first-order valence-corrected chi connectivity index (χ1v) is 9.86. The van der Waals surface area contributed by atoms with Gasteiger partial charge >= 0.3 is 5.97 Å². The van der Waals surface area contributed by atoms with Gasteiger partial charge in [-0.05, 0) is 49.7 Å². The Bertz CT molecular complexity index is 953. The predicted octanol–water partition coefficient (Wildman–Crippen LogP) is 4.72. The minimum Gasteiger partial charge on any atom is -0.462 e. The van der Waals surface area contributed by atoms with E-state index in [9.17, 15) is 9.59 Å². The predicted molar refractivity (Wildman–Crippen MR) is 110 cm³/mol. The second-order valence-corrected chi connectivity index (χ2v) is 7.20. The average molecular weight is 395 g/mol. The van der Waals surface area contributed by atoms with Crippen LogP contribution < -0.4 is 5.32 Å². The second-order valence-electron chi connectivity index (χ2n) is 6.20. The number of amides is 1. The Balaban J connectivity index is 1.66. The van der Waals surface area contributed by atoms with Crippen molar-refractivity contribution in [3.8, 4) is 10.6 Å². The number of benzene rings is 1. The van der Waals surface area contributed by atoms with E-state index in [0.717, 1.165) is 23.4 Å². The fourth-order valence-corrected chi connectivity index (χ4v) is 3.44. The highest BCUT2D eigenvalue weighted by molar-refractivity contribution is 7.17. The molecule has 0 bridgehead atoms. The number of pyridine rings is 1. The molecule has 2 aromatic heterocycles. The molecule has 0 spiro atoms. The molecule has 0 aliphatic carbocycles. The van der Waals surface area contributed by atoms with Crippen LogP contribution in [-0.4, -0.2) is 28.5 Å². The monoisotopic (exact) mass is 395 g/mol. The van der Waals surface area contributed by atoms with Crippen LogP contribution in [0.4, 0.5) is 5.69 Å². The van der Waals surface area contributed by atoms with E-state index in [0.29, 0.717) is 28.4 Å². The van der Waals surface area contributed by atoms with E-state index in [2.05, 4.69) is 15.3 Å². The summed E-state index contributed by atoms with van der Waals surface area (Å²) in [6, 6.07) is 10.4. The van der Waals surface area contributed by atoms with Crippen LogP contribution in [0.3, 0.4) is 0 Å². The fourth-order valence-electron chi connectivity index (χ4n) is 2.49. The van der Waals surface area contributed by atoms with Gasteiger partial charge in [0.15, 0.2) is 0 Å². The molecule has 144 valence electrons. The number of nitrogens with one attached hydrogen (secondary N) is 1. The number of nitrogens with zero attached hydrogens (tertiary/aromatic N) is 2. The molecule has 6 nitrogen and oxygen atoms in total. The number of aromatic nitrogens is 2. The van der Waals surface area contributed by atoms with Gasteiger partial charge in [-0.2, -0.15) is 0 Å². The first-order valence-electron chi connectivity index (χ1n) is 9.05. The molecule has 3 aromatic rings. The van der Waals surface area contributed by atoms with Gasteiger partial charge in [0.25, 0.3) is 5.91 Å². The molecule has 7 heteroatoms. The van der Waals surface area contributed by atoms with Crippen molar-refractivity contribution >= 4 is 28.9 Å². The van der Waals surface area contributed by atoms with E-state index in [-0.39, 0.29) is 11.9 Å². The smallest absolute Gasteiger partial charge is 0.338 e. The number of rotatable bonds is 7. The number of aryl methyl sites for hydroxylation is 1. The summed E-state index contributed by atoms with van der Waals surface area (Å²) in [5, 5.41) is 3.60. The van der Waals surface area contributed by atoms with E-state index in [1.54, 1.807) is 43.6 Å². The van der Waals surface area contributed by atoms with Gasteiger partial charge in [0, 0.05) is 23.6 Å². The molecule has 0 saturated heterocycles. The zero-order valence-corrected chi connectivity index (χ0v) is 16.6. The largest absolute Gasteiger partial charge is 0.462 e. The zero-order valence-electron chi connectivity index (χ0n) is 15.8. The van der Waals surface area contributed by atoms with Crippen molar-refractivity contribution in [1.29, 1.82) is 0 Å². The fraction of sp³-hybridized carbons (Fsp3) is 0.238. The SMILES string of the molecule is CCCCOC(=O)c1ccc(NC(=O)c2sc(-c3cccnc3)nc2C)cc1. The zero-order chi connectivity index (χ0) is 19.9.